The van der Waals surface area contributed by atoms with Crippen LogP contribution in [-0.2, 0) is 11.3 Å². The van der Waals surface area contributed by atoms with Crippen LogP contribution < -0.4 is 5.11 Å². The van der Waals surface area contributed by atoms with E-state index in [1.165, 1.54) is 12.1 Å². The minimum Gasteiger partial charge on any atom is -0.550 e. The lowest BCUT2D eigenvalue weighted by molar-refractivity contribution is -0.305. The van der Waals surface area contributed by atoms with Crippen molar-refractivity contribution in [3.05, 3.63) is 35.3 Å². The lowest BCUT2D eigenvalue weighted by Crippen LogP contribution is -2.22. The fraction of sp³-hybridized carbons (Fsp3) is 0.357. The number of carboxylic acids is 1. The minimum atomic E-state index is -1.04. The van der Waals surface area contributed by atoms with Crippen LogP contribution in [0, 0.1) is 19.7 Å². The van der Waals surface area contributed by atoms with Gasteiger partial charge in [-0.1, -0.05) is 0 Å². The number of carbonyl (C=O) groups is 1. The van der Waals surface area contributed by atoms with E-state index in [0.717, 1.165) is 22.2 Å². The van der Waals surface area contributed by atoms with Crippen LogP contribution >= 0.6 is 0 Å². The monoisotopic (exact) mass is 248 g/mol. The van der Waals surface area contributed by atoms with Crippen molar-refractivity contribution in [1.29, 1.82) is 0 Å². The molecule has 2 aromatic rings. The van der Waals surface area contributed by atoms with Crippen LogP contribution in [0.4, 0.5) is 4.39 Å². The molecule has 1 heterocycles. The summed E-state index contributed by atoms with van der Waals surface area (Å²) in [6.45, 7) is 4.41. The fourth-order valence-electron chi connectivity index (χ4n) is 2.39. The molecule has 0 bridgehead atoms. The molecule has 1 aromatic heterocycles. The molecule has 0 unspecified atom stereocenters. The predicted octanol–water partition coefficient (Wildman–Crippen LogP) is 1.93. The lowest BCUT2D eigenvalue weighted by Gasteiger charge is -2.10. The standard InChI is InChI=1S/C14H16FNO2/c1-9-6-12(15)8-11-7-10(2)16(14(9)11)5-3-4-13(17)18/h6-8H,3-5H2,1-2H3,(H,17,18)/p-1. The third kappa shape index (κ3) is 2.37. The van der Waals surface area contributed by atoms with Gasteiger partial charge < -0.3 is 14.5 Å². The van der Waals surface area contributed by atoms with E-state index in [-0.39, 0.29) is 12.2 Å². The molecule has 96 valence electrons. The lowest BCUT2D eigenvalue weighted by atomic mass is 10.1. The molecule has 0 amide bonds. The van der Waals surface area contributed by atoms with Gasteiger partial charge in [0, 0.05) is 23.6 Å². The third-order valence-electron chi connectivity index (χ3n) is 3.12. The Hall–Kier alpha value is -1.84. The highest BCUT2D eigenvalue weighted by atomic mass is 19.1. The van der Waals surface area contributed by atoms with E-state index in [0.29, 0.717) is 13.0 Å². The molecule has 0 aliphatic carbocycles. The number of carboxylic acid groups (broad SMARTS) is 1. The number of hydrogen-bond acceptors (Lipinski definition) is 2. The number of carbonyl (C=O) groups excluding carboxylic acids is 1. The van der Waals surface area contributed by atoms with Crippen LogP contribution in [0.1, 0.15) is 24.1 Å². The topological polar surface area (TPSA) is 45.1 Å². The number of benzene rings is 1. The van der Waals surface area contributed by atoms with Crippen molar-refractivity contribution in [2.24, 2.45) is 0 Å². The largest absolute Gasteiger partial charge is 0.550 e. The van der Waals surface area contributed by atoms with E-state index in [9.17, 15) is 14.3 Å². The van der Waals surface area contributed by atoms with E-state index < -0.39 is 5.97 Å². The summed E-state index contributed by atoms with van der Waals surface area (Å²) in [4.78, 5) is 10.4. The Kier molecular flexibility index (Phi) is 3.36. The highest BCUT2D eigenvalue weighted by Gasteiger charge is 2.09. The summed E-state index contributed by atoms with van der Waals surface area (Å²) in [5.74, 6) is -1.28. The number of aliphatic carboxylic acids is 1. The molecule has 0 N–H and O–H groups in total. The van der Waals surface area contributed by atoms with Crippen molar-refractivity contribution in [2.75, 3.05) is 0 Å². The number of hydrogen-bond donors (Lipinski definition) is 0. The number of aromatic nitrogens is 1. The molecule has 0 radical (unpaired) electrons. The Morgan fingerprint density at radius 3 is 2.72 bits per heavy atom. The predicted molar refractivity (Wildman–Crippen MR) is 65.6 cm³/mol. The summed E-state index contributed by atoms with van der Waals surface area (Å²) in [5.41, 5.74) is 2.86. The number of fused-ring (bicyclic) bond motifs is 1. The molecule has 0 spiro atoms. The van der Waals surface area contributed by atoms with E-state index in [4.69, 9.17) is 0 Å². The molecule has 0 aliphatic rings. The summed E-state index contributed by atoms with van der Waals surface area (Å²) < 4.78 is 15.3. The molecule has 4 heteroatoms. The fourth-order valence-corrected chi connectivity index (χ4v) is 2.39. The molecule has 0 saturated heterocycles. The molecular formula is C14H15FNO2-. The van der Waals surface area contributed by atoms with Gasteiger partial charge in [0.05, 0.1) is 5.52 Å². The second-order valence-electron chi connectivity index (χ2n) is 4.57. The maximum atomic E-state index is 13.3. The zero-order valence-electron chi connectivity index (χ0n) is 10.5. The SMILES string of the molecule is Cc1cc(F)cc2cc(C)n(CCCC(=O)[O-])c12. The van der Waals surface area contributed by atoms with Crippen LogP contribution in [0.2, 0.25) is 0 Å². The third-order valence-corrected chi connectivity index (χ3v) is 3.12. The van der Waals surface area contributed by atoms with Gasteiger partial charge in [0.2, 0.25) is 0 Å². The highest BCUT2D eigenvalue weighted by molar-refractivity contribution is 5.84. The van der Waals surface area contributed by atoms with Gasteiger partial charge in [0.1, 0.15) is 5.82 Å². The maximum Gasteiger partial charge on any atom is 0.124 e. The van der Waals surface area contributed by atoms with Gasteiger partial charge in [-0.05, 0) is 50.5 Å². The smallest absolute Gasteiger partial charge is 0.124 e. The summed E-state index contributed by atoms with van der Waals surface area (Å²) >= 11 is 0. The van der Waals surface area contributed by atoms with E-state index in [1.807, 2.05) is 24.5 Å². The second kappa shape index (κ2) is 4.80. The average Bonchev–Trinajstić information content (AvgIpc) is 2.54. The quantitative estimate of drug-likeness (QED) is 0.829. The number of nitrogens with zero attached hydrogens (tertiary/aromatic N) is 1. The molecule has 0 fully saturated rings. The molecule has 1 aromatic carbocycles. The van der Waals surface area contributed by atoms with Crippen LogP contribution in [-0.4, -0.2) is 10.5 Å². The molecule has 2 rings (SSSR count). The van der Waals surface area contributed by atoms with Crippen molar-refractivity contribution in [1.82, 2.24) is 4.57 Å². The summed E-state index contributed by atoms with van der Waals surface area (Å²) in [6.07, 6.45) is 0.559. The van der Waals surface area contributed by atoms with Crippen molar-refractivity contribution in [3.8, 4) is 0 Å². The first-order chi connectivity index (χ1) is 8.49. The first-order valence-corrected chi connectivity index (χ1v) is 5.95. The van der Waals surface area contributed by atoms with Crippen LogP contribution in [0.25, 0.3) is 10.9 Å². The zero-order chi connectivity index (χ0) is 13.3. The van der Waals surface area contributed by atoms with Crippen LogP contribution in [0.5, 0.6) is 0 Å². The van der Waals surface area contributed by atoms with Crippen molar-refractivity contribution in [3.63, 3.8) is 0 Å². The molecule has 0 atom stereocenters. The van der Waals surface area contributed by atoms with Crippen LogP contribution in [0.3, 0.4) is 0 Å². The summed E-state index contributed by atoms with van der Waals surface area (Å²) in [6, 6.07) is 4.92. The van der Waals surface area contributed by atoms with Gasteiger partial charge in [-0.25, -0.2) is 4.39 Å². The second-order valence-corrected chi connectivity index (χ2v) is 4.57. The van der Waals surface area contributed by atoms with E-state index in [1.54, 1.807) is 0 Å². The van der Waals surface area contributed by atoms with Gasteiger partial charge in [-0.3, -0.25) is 0 Å². The molecule has 18 heavy (non-hydrogen) atoms. The average molecular weight is 248 g/mol. The zero-order valence-corrected chi connectivity index (χ0v) is 10.5. The van der Waals surface area contributed by atoms with Gasteiger partial charge in [0.15, 0.2) is 0 Å². The van der Waals surface area contributed by atoms with E-state index >= 15 is 0 Å². The first-order valence-electron chi connectivity index (χ1n) is 5.95. The highest BCUT2D eigenvalue weighted by Crippen LogP contribution is 2.24. The first kappa shape index (κ1) is 12.6. The molecule has 3 nitrogen and oxygen atoms in total. The Morgan fingerprint density at radius 2 is 2.06 bits per heavy atom. The van der Waals surface area contributed by atoms with Gasteiger partial charge in [0.25, 0.3) is 0 Å². The van der Waals surface area contributed by atoms with Gasteiger partial charge >= 0.3 is 0 Å². The molecule has 0 aliphatic heterocycles. The molecular weight excluding hydrogens is 233 g/mol. The summed E-state index contributed by atoms with van der Waals surface area (Å²) in [5, 5.41) is 11.3. The Morgan fingerprint density at radius 1 is 1.33 bits per heavy atom. The van der Waals surface area contributed by atoms with Gasteiger partial charge in [-0.15, -0.1) is 0 Å². The number of halogens is 1. The minimum absolute atomic E-state index is 0.0410. The van der Waals surface area contributed by atoms with Gasteiger partial charge in [-0.2, -0.15) is 0 Å². The number of aryl methyl sites for hydroxylation is 3. The van der Waals surface area contributed by atoms with Crippen molar-refractivity contribution < 1.29 is 14.3 Å². The molecule has 0 saturated carbocycles. The maximum absolute atomic E-state index is 13.3. The Labute approximate surface area is 105 Å². The normalized spacial score (nSPS) is 11.1. The number of rotatable bonds is 4. The van der Waals surface area contributed by atoms with Crippen molar-refractivity contribution in [2.45, 2.75) is 33.2 Å². The Balaban J connectivity index is 2.37. The Bertz CT molecular complexity index is 601. The van der Waals surface area contributed by atoms with Crippen molar-refractivity contribution >= 4 is 16.9 Å². The van der Waals surface area contributed by atoms with E-state index in [2.05, 4.69) is 0 Å². The summed E-state index contributed by atoms with van der Waals surface area (Å²) in [7, 11) is 0. The van der Waals surface area contributed by atoms with Crippen LogP contribution in [0.15, 0.2) is 18.2 Å².